The minimum Gasteiger partial charge on any atom is -0.229 e. The summed E-state index contributed by atoms with van der Waals surface area (Å²) in [5.74, 6) is 0.486. The molecule has 2 nitrogen and oxygen atoms in total. The first kappa shape index (κ1) is 17.8. The Kier molecular flexibility index (Phi) is 4.87. The van der Waals surface area contributed by atoms with E-state index in [2.05, 4.69) is 33.5 Å². The van der Waals surface area contributed by atoms with Gasteiger partial charge in [-0.3, -0.25) is 0 Å². The van der Waals surface area contributed by atoms with Crippen molar-refractivity contribution in [2.45, 2.75) is 36.5 Å². The number of thioether (sulfide) groups is 1. The molecule has 2 heterocycles. The first-order valence-corrected chi connectivity index (χ1v) is 11.4. The average molecular weight is 407 g/mol. The third kappa shape index (κ3) is 3.45. The molecule has 4 aromatic rings. The van der Waals surface area contributed by atoms with E-state index in [1.165, 1.54) is 54.0 Å². The number of benzene rings is 2. The van der Waals surface area contributed by atoms with E-state index in [0.717, 1.165) is 20.8 Å². The van der Waals surface area contributed by atoms with Crippen molar-refractivity contribution in [3.63, 3.8) is 0 Å². The standard InChI is InChI=1S/C23H19FN2S2/c24-19-7-3-4-15(10-19)12-27-22-21-20(13-28-23(21)26-14-25-22)18-9-8-16-5-1-2-6-17(16)11-18/h3-4,7-11,13-14H,1-2,5-6,12H2. The minimum absolute atomic E-state index is 0.198. The zero-order chi connectivity index (χ0) is 18.9. The summed E-state index contributed by atoms with van der Waals surface area (Å²) in [6.45, 7) is 0. The molecule has 0 amide bonds. The van der Waals surface area contributed by atoms with E-state index in [0.29, 0.717) is 5.75 Å². The van der Waals surface area contributed by atoms with Crippen molar-refractivity contribution in [2.75, 3.05) is 0 Å². The maximum atomic E-state index is 13.5. The number of fused-ring (bicyclic) bond motifs is 2. The van der Waals surface area contributed by atoms with Crippen LogP contribution in [0.25, 0.3) is 21.3 Å². The monoisotopic (exact) mass is 406 g/mol. The molecule has 0 fully saturated rings. The Bertz CT molecular complexity index is 1150. The summed E-state index contributed by atoms with van der Waals surface area (Å²) in [7, 11) is 0. The molecule has 0 saturated carbocycles. The fourth-order valence-electron chi connectivity index (χ4n) is 3.85. The van der Waals surface area contributed by atoms with Gasteiger partial charge in [0.1, 0.15) is 22.0 Å². The maximum absolute atomic E-state index is 13.5. The van der Waals surface area contributed by atoms with Crippen LogP contribution in [0.3, 0.4) is 0 Å². The van der Waals surface area contributed by atoms with Crippen molar-refractivity contribution in [1.29, 1.82) is 0 Å². The quantitative estimate of drug-likeness (QED) is 0.280. The Balaban J connectivity index is 1.52. The highest BCUT2D eigenvalue weighted by atomic mass is 32.2. The number of nitrogens with zero attached hydrogens (tertiary/aromatic N) is 2. The minimum atomic E-state index is -0.198. The van der Waals surface area contributed by atoms with Crippen LogP contribution in [0.15, 0.2) is 59.2 Å². The molecule has 0 aliphatic heterocycles. The Labute approximate surface area is 171 Å². The third-order valence-electron chi connectivity index (χ3n) is 5.26. The van der Waals surface area contributed by atoms with Crippen LogP contribution in [0.2, 0.25) is 0 Å². The molecule has 0 unspecified atom stereocenters. The lowest BCUT2D eigenvalue weighted by molar-refractivity contribution is 0.626. The van der Waals surface area contributed by atoms with Gasteiger partial charge in [-0.25, -0.2) is 14.4 Å². The van der Waals surface area contributed by atoms with E-state index in [9.17, 15) is 4.39 Å². The summed E-state index contributed by atoms with van der Waals surface area (Å²) in [6.07, 6.45) is 6.56. The Morgan fingerprint density at radius 2 is 1.89 bits per heavy atom. The molecule has 5 rings (SSSR count). The fourth-order valence-corrected chi connectivity index (χ4v) is 5.79. The van der Waals surface area contributed by atoms with Gasteiger partial charge in [0.05, 0.1) is 5.39 Å². The van der Waals surface area contributed by atoms with Gasteiger partial charge >= 0.3 is 0 Å². The maximum Gasteiger partial charge on any atom is 0.128 e. The van der Waals surface area contributed by atoms with Crippen molar-refractivity contribution in [3.8, 4) is 11.1 Å². The first-order valence-electron chi connectivity index (χ1n) is 9.49. The Hall–Kier alpha value is -2.24. The first-order chi connectivity index (χ1) is 13.8. The van der Waals surface area contributed by atoms with Crippen LogP contribution in [0.5, 0.6) is 0 Å². The molecule has 0 atom stereocenters. The van der Waals surface area contributed by atoms with Crippen LogP contribution >= 0.6 is 23.1 Å². The summed E-state index contributed by atoms with van der Waals surface area (Å²) >= 11 is 3.30. The van der Waals surface area contributed by atoms with Crippen LogP contribution in [0, 0.1) is 5.82 Å². The zero-order valence-electron chi connectivity index (χ0n) is 15.3. The van der Waals surface area contributed by atoms with Gasteiger partial charge < -0.3 is 0 Å². The lowest BCUT2D eigenvalue weighted by atomic mass is 9.89. The molecule has 0 radical (unpaired) electrons. The average Bonchev–Trinajstić information content (AvgIpc) is 3.17. The molecule has 0 N–H and O–H groups in total. The van der Waals surface area contributed by atoms with Crippen molar-refractivity contribution >= 4 is 33.3 Å². The number of halogens is 1. The number of rotatable bonds is 4. The summed E-state index contributed by atoms with van der Waals surface area (Å²) in [5, 5.41) is 4.27. The van der Waals surface area contributed by atoms with Gasteiger partial charge in [0.15, 0.2) is 0 Å². The number of hydrogen-bond donors (Lipinski definition) is 0. The molecule has 0 saturated heterocycles. The van der Waals surface area contributed by atoms with Gasteiger partial charge in [0.25, 0.3) is 0 Å². The normalized spacial score (nSPS) is 13.6. The number of aromatic nitrogens is 2. The highest BCUT2D eigenvalue weighted by Gasteiger charge is 2.16. The van der Waals surface area contributed by atoms with Gasteiger partial charge in [0, 0.05) is 16.7 Å². The van der Waals surface area contributed by atoms with Gasteiger partial charge in [-0.15, -0.1) is 23.1 Å². The molecule has 1 aliphatic carbocycles. The molecule has 1 aliphatic rings. The van der Waals surface area contributed by atoms with Crippen LogP contribution in [0.1, 0.15) is 29.5 Å². The van der Waals surface area contributed by atoms with Gasteiger partial charge in [-0.1, -0.05) is 30.3 Å². The van der Waals surface area contributed by atoms with E-state index < -0.39 is 0 Å². The summed E-state index contributed by atoms with van der Waals surface area (Å²) in [5.41, 5.74) is 6.38. The zero-order valence-corrected chi connectivity index (χ0v) is 17.0. The van der Waals surface area contributed by atoms with Crippen molar-refractivity contribution < 1.29 is 4.39 Å². The van der Waals surface area contributed by atoms with Crippen molar-refractivity contribution in [1.82, 2.24) is 9.97 Å². The molecule has 0 spiro atoms. The SMILES string of the molecule is Fc1cccc(CSc2ncnc3scc(-c4ccc5c(c4)CCCC5)c23)c1. The number of aryl methyl sites for hydroxylation is 2. The predicted molar refractivity (Wildman–Crippen MR) is 115 cm³/mol. The molecule has 0 bridgehead atoms. The van der Waals surface area contributed by atoms with Gasteiger partial charge in [0.2, 0.25) is 0 Å². The summed E-state index contributed by atoms with van der Waals surface area (Å²) in [6, 6.07) is 13.6. The molecular weight excluding hydrogens is 387 g/mol. The van der Waals surface area contributed by atoms with Gasteiger partial charge in [-0.2, -0.15) is 0 Å². The molecule has 2 aromatic carbocycles. The van der Waals surface area contributed by atoms with Crippen LogP contribution in [-0.2, 0) is 18.6 Å². The highest BCUT2D eigenvalue weighted by Crippen LogP contribution is 2.39. The van der Waals surface area contributed by atoms with Crippen LogP contribution in [0.4, 0.5) is 4.39 Å². The molecule has 28 heavy (non-hydrogen) atoms. The van der Waals surface area contributed by atoms with E-state index in [4.69, 9.17) is 0 Å². The largest absolute Gasteiger partial charge is 0.229 e. The topological polar surface area (TPSA) is 25.8 Å². The number of thiophene rings is 1. The summed E-state index contributed by atoms with van der Waals surface area (Å²) < 4.78 is 13.5. The molecule has 5 heteroatoms. The molecule has 2 aromatic heterocycles. The highest BCUT2D eigenvalue weighted by molar-refractivity contribution is 7.98. The van der Waals surface area contributed by atoms with Crippen molar-refractivity contribution in [2.24, 2.45) is 0 Å². The smallest absolute Gasteiger partial charge is 0.128 e. The predicted octanol–water partition coefficient (Wildman–Crippen LogP) is 6.67. The number of hydrogen-bond acceptors (Lipinski definition) is 4. The second kappa shape index (κ2) is 7.64. The van der Waals surface area contributed by atoms with Crippen LogP contribution < -0.4 is 0 Å². The van der Waals surface area contributed by atoms with E-state index in [1.54, 1.807) is 41.6 Å². The second-order valence-corrected chi connectivity index (χ2v) is 8.94. The second-order valence-electron chi connectivity index (χ2n) is 7.12. The lowest BCUT2D eigenvalue weighted by Crippen LogP contribution is -2.02. The molecule has 140 valence electrons. The van der Waals surface area contributed by atoms with Crippen LogP contribution in [-0.4, -0.2) is 9.97 Å². The van der Waals surface area contributed by atoms with E-state index >= 15 is 0 Å². The Morgan fingerprint density at radius 3 is 2.79 bits per heavy atom. The van der Waals surface area contributed by atoms with Crippen molar-refractivity contribution in [3.05, 3.63) is 76.7 Å². The van der Waals surface area contributed by atoms with E-state index in [1.807, 2.05) is 6.07 Å². The fraction of sp³-hybridized carbons (Fsp3) is 0.217. The lowest BCUT2D eigenvalue weighted by Gasteiger charge is -2.16. The Morgan fingerprint density at radius 1 is 1.00 bits per heavy atom. The third-order valence-corrected chi connectivity index (χ3v) is 7.21. The molecular formula is C23H19FN2S2. The van der Waals surface area contributed by atoms with Gasteiger partial charge in [-0.05, 0) is 60.1 Å². The van der Waals surface area contributed by atoms with E-state index in [-0.39, 0.29) is 5.82 Å². The summed E-state index contributed by atoms with van der Waals surface area (Å²) in [4.78, 5) is 10.0.